The highest BCUT2D eigenvalue weighted by Gasteiger charge is 1.98. The third-order valence-electron chi connectivity index (χ3n) is 2.12. The summed E-state index contributed by atoms with van der Waals surface area (Å²) in [6, 6.07) is 7.14. The molecule has 0 saturated carbocycles. The molecule has 0 radical (unpaired) electrons. The summed E-state index contributed by atoms with van der Waals surface area (Å²) in [4.78, 5) is 21.5. The van der Waals surface area contributed by atoms with Gasteiger partial charge in [-0.25, -0.2) is 0 Å². The monoisotopic (exact) mass is 265 g/mol. The van der Waals surface area contributed by atoms with Gasteiger partial charge in [0.05, 0.1) is 6.61 Å². The van der Waals surface area contributed by atoms with Gasteiger partial charge in [-0.15, -0.1) is 0 Å². The number of hydrogen-bond donors (Lipinski definition) is 1. The number of nitrogens with one attached hydrogen (secondary N) is 1. The number of benzene rings is 1. The Morgan fingerprint density at radius 2 is 1.68 bits per heavy atom. The lowest BCUT2D eigenvalue weighted by atomic mass is 10.2. The molecule has 1 amide bonds. The van der Waals surface area contributed by atoms with Crippen LogP contribution in [0.3, 0.4) is 0 Å². The van der Waals surface area contributed by atoms with Crippen molar-refractivity contribution in [3.8, 4) is 5.75 Å². The van der Waals surface area contributed by atoms with Gasteiger partial charge in [0.25, 0.3) is 0 Å². The first-order chi connectivity index (χ1) is 9.08. The molecule has 4 heteroatoms. The number of carbonyl (C=O) groups is 2. The minimum Gasteiger partial charge on any atom is -0.494 e. The Morgan fingerprint density at radius 1 is 1.11 bits per heavy atom. The highest BCUT2D eigenvalue weighted by molar-refractivity contribution is 5.88. The standard InChI is InChI=1S/C13H17NO3.C2H6/c1-10(15)4-3-9-17-13-7-5-12(6-8-13)14-11(2)16;1-2/h5-8H,3-4,9H2,1-2H3,(H,14,16);1-2H3. The maximum atomic E-state index is 10.8. The number of ether oxygens (including phenoxy) is 1. The van der Waals surface area contributed by atoms with E-state index in [1.807, 2.05) is 13.8 Å². The van der Waals surface area contributed by atoms with Crippen molar-refractivity contribution in [3.05, 3.63) is 24.3 Å². The smallest absolute Gasteiger partial charge is 0.221 e. The summed E-state index contributed by atoms with van der Waals surface area (Å²) in [6.07, 6.45) is 1.27. The maximum Gasteiger partial charge on any atom is 0.221 e. The normalized spacial score (nSPS) is 9.05. The molecule has 1 N–H and O–H groups in total. The summed E-state index contributed by atoms with van der Waals surface area (Å²) in [7, 11) is 0. The fraction of sp³-hybridized carbons (Fsp3) is 0.467. The Kier molecular flexibility index (Phi) is 9.14. The molecule has 0 heterocycles. The zero-order chi connectivity index (χ0) is 14.7. The van der Waals surface area contributed by atoms with Crippen molar-refractivity contribution in [1.29, 1.82) is 0 Å². The zero-order valence-electron chi connectivity index (χ0n) is 12.2. The van der Waals surface area contributed by atoms with Gasteiger partial charge < -0.3 is 14.8 Å². The fourth-order valence-electron chi connectivity index (χ4n) is 1.35. The Hall–Kier alpha value is -1.84. The van der Waals surface area contributed by atoms with E-state index in [9.17, 15) is 9.59 Å². The van der Waals surface area contributed by atoms with Crippen molar-refractivity contribution in [3.63, 3.8) is 0 Å². The van der Waals surface area contributed by atoms with Gasteiger partial charge >= 0.3 is 0 Å². The van der Waals surface area contributed by atoms with E-state index in [2.05, 4.69) is 5.32 Å². The largest absolute Gasteiger partial charge is 0.494 e. The van der Waals surface area contributed by atoms with Gasteiger partial charge in [-0.1, -0.05) is 13.8 Å². The zero-order valence-corrected chi connectivity index (χ0v) is 12.2. The van der Waals surface area contributed by atoms with Crippen LogP contribution in [-0.4, -0.2) is 18.3 Å². The number of amides is 1. The molecule has 0 aromatic heterocycles. The van der Waals surface area contributed by atoms with E-state index in [4.69, 9.17) is 4.74 Å². The second-order valence-corrected chi connectivity index (χ2v) is 3.86. The minimum atomic E-state index is -0.0971. The Balaban J connectivity index is 0.00000154. The molecule has 1 rings (SSSR count). The Morgan fingerprint density at radius 3 is 2.16 bits per heavy atom. The molecule has 4 nitrogen and oxygen atoms in total. The van der Waals surface area contributed by atoms with Gasteiger partial charge in [0.1, 0.15) is 11.5 Å². The van der Waals surface area contributed by atoms with Gasteiger partial charge in [0, 0.05) is 19.0 Å². The first-order valence-electron chi connectivity index (χ1n) is 6.58. The van der Waals surface area contributed by atoms with Gasteiger partial charge in [0.2, 0.25) is 5.91 Å². The SMILES string of the molecule is CC.CC(=O)CCCOc1ccc(NC(C)=O)cc1. The van der Waals surface area contributed by atoms with Crippen molar-refractivity contribution in [1.82, 2.24) is 0 Å². The number of hydrogen-bond acceptors (Lipinski definition) is 3. The Labute approximate surface area is 115 Å². The number of ketones is 1. The fourth-order valence-corrected chi connectivity index (χ4v) is 1.35. The molecule has 1 aromatic carbocycles. The summed E-state index contributed by atoms with van der Waals surface area (Å²) in [5.74, 6) is 0.817. The lowest BCUT2D eigenvalue weighted by Crippen LogP contribution is -2.05. The maximum absolute atomic E-state index is 10.8. The molecule has 0 aliphatic carbocycles. The molecule has 0 aliphatic rings. The molecule has 0 bridgehead atoms. The molecule has 0 spiro atoms. The van der Waals surface area contributed by atoms with E-state index in [1.54, 1.807) is 31.2 Å². The van der Waals surface area contributed by atoms with Crippen LogP contribution in [0.2, 0.25) is 0 Å². The van der Waals surface area contributed by atoms with Gasteiger partial charge in [-0.2, -0.15) is 0 Å². The molecule has 0 unspecified atom stereocenters. The molecule has 19 heavy (non-hydrogen) atoms. The molecule has 106 valence electrons. The molecule has 0 atom stereocenters. The average molecular weight is 265 g/mol. The highest BCUT2D eigenvalue weighted by atomic mass is 16.5. The first kappa shape index (κ1) is 17.2. The molecule has 0 fully saturated rings. The Bertz CT molecular complexity index is 385. The number of Topliss-reactive ketones (excluding diaryl/α,β-unsaturated/α-hetero) is 1. The van der Waals surface area contributed by atoms with E-state index >= 15 is 0 Å². The van der Waals surface area contributed by atoms with Crippen LogP contribution in [0, 0.1) is 0 Å². The average Bonchev–Trinajstić information content (AvgIpc) is 2.38. The second-order valence-electron chi connectivity index (χ2n) is 3.86. The van der Waals surface area contributed by atoms with Crippen molar-refractivity contribution in [2.45, 2.75) is 40.5 Å². The number of anilines is 1. The van der Waals surface area contributed by atoms with Gasteiger partial charge in [0.15, 0.2) is 0 Å². The van der Waals surface area contributed by atoms with Gasteiger partial charge in [-0.05, 0) is 37.6 Å². The predicted molar refractivity (Wildman–Crippen MR) is 77.5 cm³/mol. The van der Waals surface area contributed by atoms with E-state index in [1.165, 1.54) is 6.92 Å². The highest BCUT2D eigenvalue weighted by Crippen LogP contribution is 2.15. The van der Waals surface area contributed by atoms with E-state index < -0.39 is 0 Å². The van der Waals surface area contributed by atoms with Crippen LogP contribution < -0.4 is 10.1 Å². The summed E-state index contributed by atoms with van der Waals surface area (Å²) < 4.78 is 5.45. The third kappa shape index (κ3) is 8.83. The van der Waals surface area contributed by atoms with E-state index in [-0.39, 0.29) is 11.7 Å². The van der Waals surface area contributed by atoms with E-state index in [0.29, 0.717) is 13.0 Å². The van der Waals surface area contributed by atoms with Crippen LogP contribution in [0.4, 0.5) is 5.69 Å². The van der Waals surface area contributed by atoms with Crippen LogP contribution in [0.5, 0.6) is 5.75 Å². The van der Waals surface area contributed by atoms with Crippen molar-refractivity contribution in [2.75, 3.05) is 11.9 Å². The van der Waals surface area contributed by atoms with Crippen LogP contribution in [0.15, 0.2) is 24.3 Å². The van der Waals surface area contributed by atoms with Crippen LogP contribution >= 0.6 is 0 Å². The van der Waals surface area contributed by atoms with Crippen molar-refractivity contribution < 1.29 is 14.3 Å². The summed E-state index contributed by atoms with van der Waals surface area (Å²) in [5, 5.41) is 2.68. The minimum absolute atomic E-state index is 0.0971. The van der Waals surface area contributed by atoms with Crippen LogP contribution in [0.1, 0.15) is 40.5 Å². The van der Waals surface area contributed by atoms with Gasteiger partial charge in [-0.3, -0.25) is 4.79 Å². The van der Waals surface area contributed by atoms with Crippen LogP contribution in [0.25, 0.3) is 0 Å². The summed E-state index contributed by atoms with van der Waals surface area (Å²) in [6.45, 7) is 7.56. The second kappa shape index (κ2) is 10.1. The van der Waals surface area contributed by atoms with Crippen LogP contribution in [-0.2, 0) is 9.59 Å². The van der Waals surface area contributed by atoms with Crippen molar-refractivity contribution in [2.24, 2.45) is 0 Å². The third-order valence-corrected chi connectivity index (χ3v) is 2.12. The molecule has 0 saturated heterocycles. The summed E-state index contributed by atoms with van der Waals surface area (Å²) >= 11 is 0. The molecular weight excluding hydrogens is 242 g/mol. The topological polar surface area (TPSA) is 55.4 Å². The molecule has 1 aromatic rings. The quantitative estimate of drug-likeness (QED) is 0.802. The summed E-state index contributed by atoms with van der Waals surface area (Å²) in [5.41, 5.74) is 0.744. The van der Waals surface area contributed by atoms with Crippen molar-refractivity contribution >= 4 is 17.4 Å². The predicted octanol–water partition coefficient (Wildman–Crippen LogP) is 3.42. The lowest BCUT2D eigenvalue weighted by Gasteiger charge is -2.06. The lowest BCUT2D eigenvalue weighted by molar-refractivity contribution is -0.117. The van der Waals surface area contributed by atoms with E-state index in [0.717, 1.165) is 17.9 Å². The first-order valence-corrected chi connectivity index (χ1v) is 6.58. The number of rotatable bonds is 6. The molecule has 0 aliphatic heterocycles. The molecular formula is C15H23NO3. The number of carbonyl (C=O) groups excluding carboxylic acids is 2.